The molecule has 0 aliphatic carbocycles. The average molecular weight is 241 g/mol. The highest BCUT2D eigenvalue weighted by Gasteiger charge is 2.05. The number of rotatable bonds is 5. The van der Waals surface area contributed by atoms with Crippen LogP contribution in [0.15, 0.2) is 48.8 Å². The minimum Gasteiger partial charge on any atom is -0.493 e. The highest BCUT2D eigenvalue weighted by atomic mass is 16.5. The highest BCUT2D eigenvalue weighted by molar-refractivity contribution is 5.95. The fourth-order valence-electron chi connectivity index (χ4n) is 1.64. The number of carbonyl (C=O) groups is 1. The molecule has 0 atom stereocenters. The van der Waals surface area contributed by atoms with E-state index in [1.54, 1.807) is 24.5 Å². The molecular weight excluding hydrogens is 226 g/mol. The topological polar surface area (TPSA) is 39.2 Å². The summed E-state index contributed by atoms with van der Waals surface area (Å²) in [5.41, 5.74) is 1.77. The molecule has 92 valence electrons. The zero-order chi connectivity index (χ0) is 12.8. The van der Waals surface area contributed by atoms with Crippen LogP contribution in [-0.2, 0) is 0 Å². The maximum Gasteiger partial charge on any atom is 0.167 e. The molecule has 0 unspecified atom stereocenters. The van der Waals surface area contributed by atoms with Gasteiger partial charge in [0.25, 0.3) is 0 Å². The van der Waals surface area contributed by atoms with Crippen LogP contribution in [0.5, 0.6) is 5.75 Å². The Morgan fingerprint density at radius 3 is 2.89 bits per heavy atom. The first kappa shape index (κ1) is 12.3. The van der Waals surface area contributed by atoms with Gasteiger partial charge in [-0.3, -0.25) is 9.78 Å². The van der Waals surface area contributed by atoms with Gasteiger partial charge < -0.3 is 4.74 Å². The van der Waals surface area contributed by atoms with Gasteiger partial charge in [0.05, 0.1) is 6.61 Å². The third kappa shape index (κ3) is 3.42. The number of nitrogens with zero attached hydrogens (tertiary/aromatic N) is 1. The lowest BCUT2D eigenvalue weighted by atomic mass is 10.1. The van der Waals surface area contributed by atoms with E-state index >= 15 is 0 Å². The van der Waals surface area contributed by atoms with Crippen LogP contribution in [0.25, 0.3) is 0 Å². The van der Waals surface area contributed by atoms with Crippen LogP contribution in [-0.4, -0.2) is 17.4 Å². The van der Waals surface area contributed by atoms with E-state index in [1.165, 1.54) is 0 Å². The van der Waals surface area contributed by atoms with Gasteiger partial charge in [0.15, 0.2) is 5.78 Å². The molecule has 1 heterocycles. The van der Waals surface area contributed by atoms with Crippen LogP contribution in [0.4, 0.5) is 0 Å². The molecule has 0 radical (unpaired) electrons. The molecule has 3 nitrogen and oxygen atoms in total. The van der Waals surface area contributed by atoms with Crippen molar-refractivity contribution in [1.82, 2.24) is 4.98 Å². The Balaban J connectivity index is 1.84. The number of aromatic nitrogens is 1. The SMILES string of the molecule is Cc1cccc(OCCC(=O)c2cccnc2)c1. The van der Waals surface area contributed by atoms with Crippen molar-refractivity contribution < 1.29 is 9.53 Å². The molecule has 2 aromatic rings. The molecule has 0 spiro atoms. The Labute approximate surface area is 106 Å². The Hall–Kier alpha value is -2.16. The minimum atomic E-state index is 0.0516. The van der Waals surface area contributed by atoms with Crippen molar-refractivity contribution in [2.75, 3.05) is 6.61 Å². The van der Waals surface area contributed by atoms with E-state index in [2.05, 4.69) is 4.98 Å². The van der Waals surface area contributed by atoms with Crippen molar-refractivity contribution in [3.05, 3.63) is 59.9 Å². The Morgan fingerprint density at radius 1 is 1.28 bits per heavy atom. The van der Waals surface area contributed by atoms with Crippen molar-refractivity contribution in [3.63, 3.8) is 0 Å². The minimum absolute atomic E-state index is 0.0516. The molecule has 3 heteroatoms. The first-order valence-electron chi connectivity index (χ1n) is 5.88. The van der Waals surface area contributed by atoms with Gasteiger partial charge >= 0.3 is 0 Å². The number of ether oxygens (including phenoxy) is 1. The molecule has 0 bridgehead atoms. The van der Waals surface area contributed by atoms with Crippen molar-refractivity contribution in [1.29, 1.82) is 0 Å². The molecule has 18 heavy (non-hydrogen) atoms. The summed E-state index contributed by atoms with van der Waals surface area (Å²) in [6.07, 6.45) is 3.59. The van der Waals surface area contributed by atoms with Gasteiger partial charge in [0, 0.05) is 24.4 Å². The van der Waals surface area contributed by atoms with E-state index in [9.17, 15) is 4.79 Å². The number of ketones is 1. The number of benzene rings is 1. The lowest BCUT2D eigenvalue weighted by Crippen LogP contribution is -2.06. The van der Waals surface area contributed by atoms with Crippen molar-refractivity contribution >= 4 is 5.78 Å². The predicted octanol–water partition coefficient (Wildman–Crippen LogP) is 3.04. The van der Waals surface area contributed by atoms with Gasteiger partial charge in [-0.05, 0) is 36.8 Å². The Kier molecular flexibility index (Phi) is 4.07. The van der Waals surface area contributed by atoms with E-state index in [-0.39, 0.29) is 5.78 Å². The Bertz CT molecular complexity index is 523. The second-order valence-electron chi connectivity index (χ2n) is 4.08. The summed E-state index contributed by atoms with van der Waals surface area (Å²) < 4.78 is 5.54. The molecule has 0 aliphatic heterocycles. The largest absolute Gasteiger partial charge is 0.493 e. The van der Waals surface area contributed by atoms with Crippen LogP contribution in [0.2, 0.25) is 0 Å². The number of carbonyl (C=O) groups excluding carboxylic acids is 1. The summed E-state index contributed by atoms with van der Waals surface area (Å²) in [7, 11) is 0. The third-order valence-electron chi connectivity index (χ3n) is 2.57. The first-order chi connectivity index (χ1) is 8.75. The molecule has 0 N–H and O–H groups in total. The van der Waals surface area contributed by atoms with Gasteiger partial charge in [-0.2, -0.15) is 0 Å². The number of hydrogen-bond acceptors (Lipinski definition) is 3. The summed E-state index contributed by atoms with van der Waals surface area (Å²) >= 11 is 0. The quantitative estimate of drug-likeness (QED) is 0.755. The zero-order valence-corrected chi connectivity index (χ0v) is 10.3. The molecule has 1 aromatic carbocycles. The smallest absolute Gasteiger partial charge is 0.167 e. The van der Waals surface area contributed by atoms with E-state index in [0.717, 1.165) is 11.3 Å². The zero-order valence-electron chi connectivity index (χ0n) is 10.3. The average Bonchev–Trinajstić information content (AvgIpc) is 2.40. The molecule has 2 rings (SSSR count). The van der Waals surface area contributed by atoms with Crippen molar-refractivity contribution in [2.45, 2.75) is 13.3 Å². The summed E-state index contributed by atoms with van der Waals surface area (Å²) in [4.78, 5) is 15.7. The highest BCUT2D eigenvalue weighted by Crippen LogP contribution is 2.12. The van der Waals surface area contributed by atoms with E-state index in [0.29, 0.717) is 18.6 Å². The third-order valence-corrected chi connectivity index (χ3v) is 2.57. The molecule has 0 saturated carbocycles. The van der Waals surface area contributed by atoms with Crippen LogP contribution in [0.1, 0.15) is 22.3 Å². The second kappa shape index (κ2) is 5.96. The number of hydrogen-bond donors (Lipinski definition) is 0. The second-order valence-corrected chi connectivity index (χ2v) is 4.08. The molecule has 0 amide bonds. The lowest BCUT2D eigenvalue weighted by molar-refractivity contribution is 0.0962. The number of pyridine rings is 1. The van der Waals surface area contributed by atoms with Gasteiger partial charge in [-0.25, -0.2) is 0 Å². The maximum absolute atomic E-state index is 11.8. The number of aryl methyl sites for hydroxylation is 1. The van der Waals surface area contributed by atoms with E-state index < -0.39 is 0 Å². The van der Waals surface area contributed by atoms with Crippen LogP contribution in [0.3, 0.4) is 0 Å². The van der Waals surface area contributed by atoms with Gasteiger partial charge in [-0.15, -0.1) is 0 Å². The van der Waals surface area contributed by atoms with Gasteiger partial charge in [0.2, 0.25) is 0 Å². The van der Waals surface area contributed by atoms with E-state index in [4.69, 9.17) is 4.74 Å². The lowest BCUT2D eigenvalue weighted by Gasteiger charge is -2.06. The summed E-state index contributed by atoms with van der Waals surface area (Å²) in [5.74, 6) is 0.852. The molecular formula is C15H15NO2. The predicted molar refractivity (Wildman–Crippen MR) is 69.9 cm³/mol. The van der Waals surface area contributed by atoms with Crippen molar-refractivity contribution in [3.8, 4) is 5.75 Å². The van der Waals surface area contributed by atoms with Crippen LogP contribution < -0.4 is 4.74 Å². The molecule has 0 saturated heterocycles. The number of Topliss-reactive ketones (excluding diaryl/α,β-unsaturated/α-hetero) is 1. The van der Waals surface area contributed by atoms with Crippen LogP contribution >= 0.6 is 0 Å². The fourth-order valence-corrected chi connectivity index (χ4v) is 1.64. The van der Waals surface area contributed by atoms with Crippen LogP contribution in [0, 0.1) is 6.92 Å². The standard InChI is InChI=1S/C15H15NO2/c1-12-4-2-6-14(10-12)18-9-7-15(17)13-5-3-8-16-11-13/h2-6,8,10-11H,7,9H2,1H3. The normalized spacial score (nSPS) is 10.1. The fraction of sp³-hybridized carbons (Fsp3) is 0.200. The Morgan fingerprint density at radius 2 is 2.17 bits per heavy atom. The maximum atomic E-state index is 11.8. The molecule has 0 fully saturated rings. The first-order valence-corrected chi connectivity index (χ1v) is 5.88. The van der Waals surface area contributed by atoms with E-state index in [1.807, 2.05) is 31.2 Å². The van der Waals surface area contributed by atoms with Gasteiger partial charge in [0.1, 0.15) is 5.75 Å². The monoisotopic (exact) mass is 241 g/mol. The molecule has 1 aromatic heterocycles. The summed E-state index contributed by atoms with van der Waals surface area (Å²) in [5, 5.41) is 0. The molecule has 0 aliphatic rings. The van der Waals surface area contributed by atoms with Crippen molar-refractivity contribution in [2.24, 2.45) is 0 Å². The summed E-state index contributed by atoms with van der Waals surface area (Å²) in [6, 6.07) is 11.3. The summed E-state index contributed by atoms with van der Waals surface area (Å²) in [6.45, 7) is 2.39. The van der Waals surface area contributed by atoms with Gasteiger partial charge in [-0.1, -0.05) is 12.1 Å².